The van der Waals surface area contributed by atoms with Gasteiger partial charge in [-0.05, 0) is 59.5 Å². The third kappa shape index (κ3) is 4.32. The smallest absolute Gasteiger partial charge is 0.258 e. The van der Waals surface area contributed by atoms with Crippen molar-refractivity contribution in [3.05, 3.63) is 114 Å². The van der Waals surface area contributed by atoms with Crippen molar-refractivity contribution in [2.45, 2.75) is 6.92 Å². The summed E-state index contributed by atoms with van der Waals surface area (Å²) in [6, 6.07) is 30.4. The summed E-state index contributed by atoms with van der Waals surface area (Å²) >= 11 is 0. The molecule has 34 heavy (non-hydrogen) atoms. The third-order valence-electron chi connectivity index (χ3n) is 5.58. The van der Waals surface area contributed by atoms with E-state index in [4.69, 9.17) is 4.42 Å². The van der Waals surface area contributed by atoms with Gasteiger partial charge in [0.25, 0.3) is 5.91 Å². The minimum absolute atomic E-state index is 0.177. The van der Waals surface area contributed by atoms with Crippen LogP contribution in [0.4, 0.5) is 5.88 Å². The van der Waals surface area contributed by atoms with E-state index in [1.807, 2.05) is 73.7 Å². The van der Waals surface area contributed by atoms with Gasteiger partial charge in [-0.25, -0.2) is 4.98 Å². The van der Waals surface area contributed by atoms with E-state index < -0.39 is 0 Å². The van der Waals surface area contributed by atoms with Crippen LogP contribution >= 0.6 is 0 Å². The van der Waals surface area contributed by atoms with E-state index in [2.05, 4.69) is 10.3 Å². The molecule has 0 unspecified atom stereocenters. The Balaban J connectivity index is 1.55. The van der Waals surface area contributed by atoms with Gasteiger partial charge in [-0.2, -0.15) is 0 Å². The van der Waals surface area contributed by atoms with E-state index in [0.29, 0.717) is 22.6 Å². The molecule has 1 amide bonds. The number of oxazole rings is 1. The third-order valence-corrected chi connectivity index (χ3v) is 5.58. The van der Waals surface area contributed by atoms with Crippen LogP contribution < -0.4 is 5.32 Å². The molecule has 1 heterocycles. The molecule has 1 aromatic heterocycles. The van der Waals surface area contributed by atoms with E-state index in [1.54, 1.807) is 30.3 Å². The van der Waals surface area contributed by atoms with E-state index in [1.165, 1.54) is 6.20 Å². The van der Waals surface area contributed by atoms with Gasteiger partial charge in [-0.3, -0.25) is 10.1 Å². The summed E-state index contributed by atoms with van der Waals surface area (Å²) < 4.78 is 5.91. The Kier molecular flexibility index (Phi) is 5.67. The fraction of sp³-hybridized carbons (Fsp3) is 0.0345. The van der Waals surface area contributed by atoms with Crippen LogP contribution in [0.1, 0.15) is 15.9 Å². The molecule has 0 fully saturated rings. The number of nitrogens with zero attached hydrogens (tertiary/aromatic N) is 1. The van der Waals surface area contributed by atoms with Crippen LogP contribution in [0.3, 0.4) is 0 Å². The van der Waals surface area contributed by atoms with E-state index in [0.717, 1.165) is 22.3 Å². The predicted octanol–water partition coefficient (Wildman–Crippen LogP) is 6.94. The molecule has 0 bridgehead atoms. The average molecular weight is 447 g/mol. The highest BCUT2D eigenvalue weighted by molar-refractivity contribution is 6.03. The molecular formula is C29H22N2O3. The van der Waals surface area contributed by atoms with Gasteiger partial charge >= 0.3 is 0 Å². The van der Waals surface area contributed by atoms with Gasteiger partial charge in [0.2, 0.25) is 11.8 Å². The Morgan fingerprint density at radius 2 is 1.50 bits per heavy atom. The number of aryl methyl sites for hydroxylation is 1. The van der Waals surface area contributed by atoms with Crippen molar-refractivity contribution >= 4 is 11.8 Å². The molecule has 4 aromatic carbocycles. The van der Waals surface area contributed by atoms with Crippen molar-refractivity contribution in [2.24, 2.45) is 0 Å². The molecular weight excluding hydrogens is 424 g/mol. The minimum atomic E-state index is -0.279. The maximum atomic E-state index is 12.5. The summed E-state index contributed by atoms with van der Waals surface area (Å²) in [7, 11) is 0. The molecule has 5 aromatic rings. The zero-order valence-electron chi connectivity index (χ0n) is 18.5. The number of hydrogen-bond donors (Lipinski definition) is 2. The molecule has 0 radical (unpaired) electrons. The monoisotopic (exact) mass is 446 g/mol. The molecule has 5 rings (SSSR count). The van der Waals surface area contributed by atoms with Crippen molar-refractivity contribution in [2.75, 3.05) is 5.32 Å². The Hall–Kier alpha value is -4.64. The van der Waals surface area contributed by atoms with Gasteiger partial charge in [0.05, 0.1) is 6.20 Å². The number of benzene rings is 4. The Morgan fingerprint density at radius 1 is 0.794 bits per heavy atom. The SMILES string of the molecule is Cc1ccc(-c2cc(-c3ccccc3)ccc2-c2ncc(NC(=O)c3ccccc3)o2)c(O)c1. The van der Waals surface area contributed by atoms with E-state index in [9.17, 15) is 9.90 Å². The number of phenolic OH excluding ortho intramolecular Hbond substituents is 1. The largest absolute Gasteiger partial charge is 0.507 e. The normalized spacial score (nSPS) is 10.7. The van der Waals surface area contributed by atoms with Gasteiger partial charge in [0.15, 0.2) is 0 Å². The summed E-state index contributed by atoms with van der Waals surface area (Å²) in [6.45, 7) is 1.93. The van der Waals surface area contributed by atoms with E-state index in [-0.39, 0.29) is 17.5 Å². The molecule has 0 spiro atoms. The second-order valence-electron chi connectivity index (χ2n) is 8.00. The van der Waals surface area contributed by atoms with Crippen LogP contribution in [-0.2, 0) is 0 Å². The van der Waals surface area contributed by atoms with Crippen LogP contribution in [-0.4, -0.2) is 16.0 Å². The zero-order chi connectivity index (χ0) is 23.5. The first-order valence-electron chi connectivity index (χ1n) is 10.9. The molecule has 5 nitrogen and oxygen atoms in total. The van der Waals surface area contributed by atoms with Gasteiger partial charge in [-0.15, -0.1) is 0 Å². The fourth-order valence-corrected chi connectivity index (χ4v) is 3.86. The Bertz CT molecular complexity index is 1460. The van der Waals surface area contributed by atoms with Crippen molar-refractivity contribution in [1.29, 1.82) is 0 Å². The summed E-state index contributed by atoms with van der Waals surface area (Å²) in [6.07, 6.45) is 1.49. The van der Waals surface area contributed by atoms with Crippen LogP contribution in [0, 0.1) is 6.92 Å². The Labute approximate surface area is 197 Å². The first-order valence-corrected chi connectivity index (χ1v) is 10.9. The molecule has 5 heteroatoms. The molecule has 0 aliphatic heterocycles. The van der Waals surface area contributed by atoms with Crippen LogP contribution in [0.2, 0.25) is 0 Å². The summed E-state index contributed by atoms with van der Waals surface area (Å²) in [5.41, 5.74) is 5.71. The van der Waals surface area contributed by atoms with Gasteiger partial charge < -0.3 is 9.52 Å². The molecule has 0 saturated carbocycles. The fourth-order valence-electron chi connectivity index (χ4n) is 3.86. The number of rotatable bonds is 5. The van der Waals surface area contributed by atoms with Gasteiger partial charge in [-0.1, -0.05) is 66.7 Å². The lowest BCUT2D eigenvalue weighted by Gasteiger charge is -2.12. The van der Waals surface area contributed by atoms with Crippen LogP contribution in [0.15, 0.2) is 108 Å². The van der Waals surface area contributed by atoms with Crippen molar-refractivity contribution in [1.82, 2.24) is 4.98 Å². The molecule has 0 atom stereocenters. The average Bonchev–Trinajstić information content (AvgIpc) is 3.33. The molecule has 0 aliphatic rings. The molecule has 2 N–H and O–H groups in total. The topological polar surface area (TPSA) is 75.4 Å². The van der Waals surface area contributed by atoms with Crippen molar-refractivity contribution in [3.63, 3.8) is 0 Å². The highest BCUT2D eigenvalue weighted by Gasteiger charge is 2.18. The van der Waals surface area contributed by atoms with Crippen molar-refractivity contribution in [3.8, 4) is 39.5 Å². The quantitative estimate of drug-likeness (QED) is 0.307. The van der Waals surface area contributed by atoms with Crippen molar-refractivity contribution < 1.29 is 14.3 Å². The predicted molar refractivity (Wildman–Crippen MR) is 134 cm³/mol. The van der Waals surface area contributed by atoms with E-state index >= 15 is 0 Å². The van der Waals surface area contributed by atoms with Gasteiger partial charge in [0.1, 0.15) is 5.75 Å². The maximum absolute atomic E-state index is 12.5. The first-order chi connectivity index (χ1) is 16.6. The number of carbonyl (C=O) groups is 1. The standard InChI is InChI=1S/C29H22N2O3/c1-19-12-14-23(26(32)16-19)25-17-22(20-8-4-2-5-9-20)13-15-24(25)29-30-18-27(34-29)31-28(33)21-10-6-3-7-11-21/h2-18,32H,1H3,(H,31,33). The molecule has 166 valence electrons. The number of anilines is 1. The molecule has 0 aliphatic carbocycles. The molecule has 0 saturated heterocycles. The number of aromatic nitrogens is 1. The summed E-state index contributed by atoms with van der Waals surface area (Å²) in [4.78, 5) is 16.9. The second kappa shape index (κ2) is 9.08. The summed E-state index contributed by atoms with van der Waals surface area (Å²) in [5, 5.41) is 13.5. The highest BCUT2D eigenvalue weighted by Crippen LogP contribution is 2.40. The number of carbonyl (C=O) groups excluding carboxylic acids is 1. The van der Waals surface area contributed by atoms with Crippen LogP contribution in [0.5, 0.6) is 5.75 Å². The number of phenols is 1. The lowest BCUT2D eigenvalue weighted by molar-refractivity contribution is 0.102. The first kappa shape index (κ1) is 21.2. The number of nitrogens with one attached hydrogen (secondary N) is 1. The second-order valence-corrected chi connectivity index (χ2v) is 8.00. The maximum Gasteiger partial charge on any atom is 0.258 e. The number of aromatic hydroxyl groups is 1. The number of hydrogen-bond acceptors (Lipinski definition) is 4. The highest BCUT2D eigenvalue weighted by atomic mass is 16.4. The van der Waals surface area contributed by atoms with Crippen LogP contribution in [0.25, 0.3) is 33.7 Å². The minimum Gasteiger partial charge on any atom is -0.507 e. The number of amides is 1. The van der Waals surface area contributed by atoms with Gasteiger partial charge in [0, 0.05) is 16.7 Å². The summed E-state index contributed by atoms with van der Waals surface area (Å²) in [5.74, 6) is 0.489. The lowest BCUT2D eigenvalue weighted by Crippen LogP contribution is -2.10. The zero-order valence-corrected chi connectivity index (χ0v) is 18.5. The lowest BCUT2D eigenvalue weighted by atomic mass is 9.93. The Morgan fingerprint density at radius 3 is 2.24 bits per heavy atom.